The lowest BCUT2D eigenvalue weighted by molar-refractivity contribution is 0.887. The van der Waals surface area contributed by atoms with Crippen LogP contribution in [0.25, 0.3) is 0 Å². The summed E-state index contributed by atoms with van der Waals surface area (Å²) in [7, 11) is 0. The maximum absolute atomic E-state index is 5.05. The van der Waals surface area contributed by atoms with Gasteiger partial charge in [0.2, 0.25) is 0 Å². The number of nitrogens with one attached hydrogen (secondary N) is 3. The molecule has 0 fully saturated rings. The Bertz CT molecular complexity index is 324. The third-order valence-corrected chi connectivity index (χ3v) is 3.30. The van der Waals surface area contributed by atoms with Gasteiger partial charge in [-0.25, -0.2) is 4.98 Å². The van der Waals surface area contributed by atoms with Crippen molar-refractivity contribution in [3.63, 3.8) is 0 Å². The van der Waals surface area contributed by atoms with Crippen LogP contribution in [0.2, 0.25) is 0 Å². The zero-order chi connectivity index (χ0) is 11.8. The summed E-state index contributed by atoms with van der Waals surface area (Å²) in [4.78, 5) is 7.32. The SMILES string of the molecule is CCNC(=S)NCCSCc1nc[nH]c1C. The highest BCUT2D eigenvalue weighted by atomic mass is 32.2. The Labute approximate surface area is 106 Å². The van der Waals surface area contributed by atoms with Crippen molar-refractivity contribution in [2.75, 3.05) is 18.8 Å². The van der Waals surface area contributed by atoms with Gasteiger partial charge >= 0.3 is 0 Å². The van der Waals surface area contributed by atoms with Gasteiger partial charge < -0.3 is 15.6 Å². The van der Waals surface area contributed by atoms with Gasteiger partial charge in [-0.05, 0) is 26.1 Å². The molecule has 0 spiro atoms. The summed E-state index contributed by atoms with van der Waals surface area (Å²) in [5.41, 5.74) is 2.29. The van der Waals surface area contributed by atoms with Crippen LogP contribution >= 0.6 is 24.0 Å². The van der Waals surface area contributed by atoms with Crippen molar-refractivity contribution in [1.29, 1.82) is 0 Å². The summed E-state index contributed by atoms with van der Waals surface area (Å²) in [6.07, 6.45) is 1.74. The van der Waals surface area contributed by atoms with Crippen LogP contribution in [0.1, 0.15) is 18.3 Å². The minimum absolute atomic E-state index is 0.735. The highest BCUT2D eigenvalue weighted by Gasteiger charge is 2.00. The third-order valence-electron chi connectivity index (χ3n) is 2.04. The van der Waals surface area contributed by atoms with Crippen LogP contribution in [-0.4, -0.2) is 33.9 Å². The van der Waals surface area contributed by atoms with Gasteiger partial charge in [0.25, 0.3) is 0 Å². The Hall–Kier alpha value is -0.750. The highest BCUT2D eigenvalue weighted by molar-refractivity contribution is 7.98. The lowest BCUT2D eigenvalue weighted by Gasteiger charge is -2.07. The molecule has 1 rings (SSSR count). The fourth-order valence-corrected chi connectivity index (χ4v) is 2.28. The number of aromatic nitrogens is 2. The fraction of sp³-hybridized carbons (Fsp3) is 0.600. The number of imidazole rings is 1. The number of nitrogens with zero attached hydrogens (tertiary/aromatic N) is 1. The molecule has 90 valence electrons. The lowest BCUT2D eigenvalue weighted by Crippen LogP contribution is -2.36. The Balaban J connectivity index is 2.04. The molecular weight excluding hydrogens is 240 g/mol. The molecule has 0 saturated heterocycles. The summed E-state index contributed by atoms with van der Waals surface area (Å²) in [6, 6.07) is 0. The Morgan fingerprint density at radius 3 is 3.00 bits per heavy atom. The Morgan fingerprint density at radius 1 is 1.56 bits per heavy atom. The number of hydrogen-bond acceptors (Lipinski definition) is 3. The summed E-state index contributed by atoms with van der Waals surface area (Å²) >= 11 is 6.91. The molecule has 0 bridgehead atoms. The number of thiocarbonyl (C=S) groups is 1. The molecule has 0 aliphatic heterocycles. The molecule has 3 N–H and O–H groups in total. The molecule has 16 heavy (non-hydrogen) atoms. The molecule has 0 saturated carbocycles. The molecular formula is C10H18N4S2. The Kier molecular flexibility index (Phi) is 6.25. The van der Waals surface area contributed by atoms with E-state index in [4.69, 9.17) is 12.2 Å². The van der Waals surface area contributed by atoms with E-state index in [0.29, 0.717) is 0 Å². The summed E-state index contributed by atoms with van der Waals surface area (Å²) in [5.74, 6) is 1.98. The van der Waals surface area contributed by atoms with E-state index in [2.05, 4.69) is 20.6 Å². The number of aromatic amines is 1. The van der Waals surface area contributed by atoms with E-state index in [1.807, 2.05) is 25.6 Å². The molecule has 6 heteroatoms. The van der Waals surface area contributed by atoms with Crippen molar-refractivity contribution in [3.05, 3.63) is 17.7 Å². The second kappa shape index (κ2) is 7.51. The summed E-state index contributed by atoms with van der Waals surface area (Å²) in [6.45, 7) is 5.83. The average Bonchev–Trinajstić information content (AvgIpc) is 2.64. The standard InChI is InChI=1S/C10H18N4S2/c1-3-11-10(15)12-4-5-16-6-9-8(2)13-7-14-9/h7H,3-6H2,1-2H3,(H,13,14)(H2,11,12,15). The first-order valence-corrected chi connectivity index (χ1v) is 6.88. The number of aryl methyl sites for hydroxylation is 1. The molecule has 0 atom stereocenters. The predicted octanol–water partition coefficient (Wildman–Crippen LogP) is 1.44. The second-order valence-corrected chi connectivity index (χ2v) is 4.83. The van der Waals surface area contributed by atoms with Gasteiger partial charge in [-0.15, -0.1) is 0 Å². The first-order valence-electron chi connectivity index (χ1n) is 5.32. The summed E-state index contributed by atoms with van der Waals surface area (Å²) in [5, 5.41) is 6.94. The van der Waals surface area contributed by atoms with E-state index >= 15 is 0 Å². The van der Waals surface area contributed by atoms with Crippen LogP contribution in [0.15, 0.2) is 6.33 Å². The highest BCUT2D eigenvalue weighted by Crippen LogP contribution is 2.11. The van der Waals surface area contributed by atoms with Crippen LogP contribution in [0.4, 0.5) is 0 Å². The molecule has 0 unspecified atom stereocenters. The molecule has 0 aliphatic rings. The smallest absolute Gasteiger partial charge is 0.166 e. The van der Waals surface area contributed by atoms with Gasteiger partial charge in [0.15, 0.2) is 5.11 Å². The minimum atomic E-state index is 0.735. The lowest BCUT2D eigenvalue weighted by atomic mass is 10.4. The topological polar surface area (TPSA) is 52.7 Å². The number of hydrogen-bond donors (Lipinski definition) is 3. The van der Waals surface area contributed by atoms with Crippen molar-refractivity contribution in [3.8, 4) is 0 Å². The van der Waals surface area contributed by atoms with Gasteiger partial charge in [0.05, 0.1) is 12.0 Å². The van der Waals surface area contributed by atoms with E-state index in [9.17, 15) is 0 Å². The molecule has 0 aliphatic carbocycles. The van der Waals surface area contributed by atoms with Crippen molar-refractivity contribution in [1.82, 2.24) is 20.6 Å². The number of thioether (sulfide) groups is 1. The van der Waals surface area contributed by atoms with E-state index in [-0.39, 0.29) is 0 Å². The quantitative estimate of drug-likeness (QED) is 0.532. The largest absolute Gasteiger partial charge is 0.363 e. The zero-order valence-electron chi connectivity index (χ0n) is 9.67. The number of H-pyrrole nitrogens is 1. The molecule has 1 aromatic heterocycles. The van der Waals surface area contributed by atoms with Crippen LogP contribution in [0.5, 0.6) is 0 Å². The van der Waals surface area contributed by atoms with Gasteiger partial charge in [-0.1, -0.05) is 0 Å². The van der Waals surface area contributed by atoms with Crippen LogP contribution < -0.4 is 10.6 Å². The zero-order valence-corrected chi connectivity index (χ0v) is 11.3. The van der Waals surface area contributed by atoms with E-state index in [1.165, 1.54) is 0 Å². The van der Waals surface area contributed by atoms with E-state index in [1.54, 1.807) is 6.33 Å². The maximum Gasteiger partial charge on any atom is 0.166 e. The predicted molar refractivity (Wildman–Crippen MR) is 73.8 cm³/mol. The molecule has 1 heterocycles. The van der Waals surface area contributed by atoms with E-state index < -0.39 is 0 Å². The van der Waals surface area contributed by atoms with Gasteiger partial charge in [0, 0.05) is 30.3 Å². The maximum atomic E-state index is 5.05. The van der Waals surface area contributed by atoms with Gasteiger partial charge in [-0.3, -0.25) is 0 Å². The molecule has 0 aromatic carbocycles. The van der Waals surface area contributed by atoms with Crippen LogP contribution in [0.3, 0.4) is 0 Å². The molecule has 4 nitrogen and oxygen atoms in total. The summed E-state index contributed by atoms with van der Waals surface area (Å²) < 4.78 is 0. The molecule has 0 radical (unpaired) electrons. The van der Waals surface area contributed by atoms with Crippen molar-refractivity contribution in [2.24, 2.45) is 0 Å². The van der Waals surface area contributed by atoms with Gasteiger partial charge in [0.1, 0.15) is 0 Å². The van der Waals surface area contributed by atoms with Crippen molar-refractivity contribution >= 4 is 29.1 Å². The van der Waals surface area contributed by atoms with Gasteiger partial charge in [-0.2, -0.15) is 11.8 Å². The fourth-order valence-electron chi connectivity index (χ4n) is 1.16. The van der Waals surface area contributed by atoms with E-state index in [0.717, 1.165) is 41.1 Å². The first-order chi connectivity index (χ1) is 7.74. The third kappa shape index (κ3) is 4.85. The second-order valence-electron chi connectivity index (χ2n) is 3.31. The van der Waals surface area contributed by atoms with Crippen LogP contribution in [0, 0.1) is 6.92 Å². The minimum Gasteiger partial charge on any atom is -0.363 e. The van der Waals surface area contributed by atoms with Crippen LogP contribution in [-0.2, 0) is 5.75 Å². The monoisotopic (exact) mass is 258 g/mol. The number of rotatable bonds is 6. The Morgan fingerprint density at radius 2 is 2.38 bits per heavy atom. The normalized spacial score (nSPS) is 10.1. The first kappa shape index (κ1) is 13.3. The average molecular weight is 258 g/mol. The molecule has 0 amide bonds. The van der Waals surface area contributed by atoms with Crippen molar-refractivity contribution < 1.29 is 0 Å². The van der Waals surface area contributed by atoms with Crippen molar-refractivity contribution in [2.45, 2.75) is 19.6 Å². The molecule has 1 aromatic rings.